The van der Waals surface area contributed by atoms with Crippen molar-refractivity contribution < 1.29 is 9.90 Å². The first-order valence-electron chi connectivity index (χ1n) is 8.78. The maximum absolute atomic E-state index is 13.0. The van der Waals surface area contributed by atoms with E-state index in [0.29, 0.717) is 27.7 Å². The molecule has 28 heavy (non-hydrogen) atoms. The predicted molar refractivity (Wildman–Crippen MR) is 113 cm³/mol. The number of hydrogen-bond acceptors (Lipinski definition) is 3. The van der Waals surface area contributed by atoms with Gasteiger partial charge in [-0.15, -0.1) is 0 Å². The fourth-order valence-electron chi connectivity index (χ4n) is 3.08. The fourth-order valence-corrected chi connectivity index (χ4v) is 3.21. The Bertz CT molecular complexity index is 1110. The SMILES string of the molecule is Cc1ccc(N=C2C(C(=O)Nc3ccc(Cl)cc3)=C(O)c3ccccc32)cc1. The summed E-state index contributed by atoms with van der Waals surface area (Å²) in [5.74, 6) is -0.505. The topological polar surface area (TPSA) is 61.7 Å². The molecule has 138 valence electrons. The second-order valence-corrected chi connectivity index (χ2v) is 6.96. The molecule has 0 aliphatic heterocycles. The molecule has 4 rings (SSSR count). The summed E-state index contributed by atoms with van der Waals surface area (Å²) in [5, 5.41) is 14.1. The number of benzene rings is 3. The highest BCUT2D eigenvalue weighted by Crippen LogP contribution is 2.34. The van der Waals surface area contributed by atoms with Gasteiger partial charge in [0.2, 0.25) is 0 Å². The summed E-state index contributed by atoms with van der Waals surface area (Å²) in [4.78, 5) is 17.7. The lowest BCUT2D eigenvalue weighted by atomic mass is 10.1. The zero-order valence-corrected chi connectivity index (χ0v) is 15.9. The molecule has 1 amide bonds. The third-order valence-electron chi connectivity index (χ3n) is 4.51. The standard InChI is InChI=1S/C23H17ClN2O2/c1-14-6-10-16(11-7-14)25-21-18-4-2-3-5-19(18)22(27)20(21)23(28)26-17-12-8-15(24)9-13-17/h2-13,27H,1H3,(H,26,28). The van der Waals surface area contributed by atoms with E-state index in [2.05, 4.69) is 10.3 Å². The van der Waals surface area contributed by atoms with Crippen molar-refractivity contribution in [2.75, 3.05) is 5.32 Å². The van der Waals surface area contributed by atoms with Crippen LogP contribution in [0.25, 0.3) is 5.76 Å². The first-order chi connectivity index (χ1) is 13.5. The van der Waals surface area contributed by atoms with Crippen LogP contribution in [0, 0.1) is 6.92 Å². The molecule has 0 atom stereocenters. The summed E-state index contributed by atoms with van der Waals surface area (Å²) in [6, 6.07) is 21.8. The summed E-state index contributed by atoms with van der Waals surface area (Å²) >= 11 is 5.90. The normalized spacial score (nSPS) is 14.3. The number of carbonyl (C=O) groups excluding carboxylic acids is 1. The van der Waals surface area contributed by atoms with Crippen molar-refractivity contribution in [3.05, 3.63) is 100 Å². The molecule has 0 fully saturated rings. The molecule has 0 saturated heterocycles. The van der Waals surface area contributed by atoms with Gasteiger partial charge in [-0.2, -0.15) is 0 Å². The molecule has 1 aliphatic carbocycles. The van der Waals surface area contributed by atoms with Crippen LogP contribution in [0.4, 0.5) is 11.4 Å². The lowest BCUT2D eigenvalue weighted by Crippen LogP contribution is -2.19. The Morgan fingerprint density at radius 1 is 0.929 bits per heavy atom. The lowest BCUT2D eigenvalue weighted by molar-refractivity contribution is -0.112. The van der Waals surface area contributed by atoms with E-state index < -0.39 is 5.91 Å². The zero-order chi connectivity index (χ0) is 19.7. The zero-order valence-electron chi connectivity index (χ0n) is 15.1. The number of aliphatic imine (C=N–C) groups is 1. The monoisotopic (exact) mass is 388 g/mol. The van der Waals surface area contributed by atoms with Gasteiger partial charge in [-0.05, 0) is 43.3 Å². The summed E-state index contributed by atoms with van der Waals surface area (Å²) in [5.41, 5.74) is 4.33. The Kier molecular flexibility index (Phi) is 4.72. The van der Waals surface area contributed by atoms with Crippen LogP contribution in [0.2, 0.25) is 5.02 Å². The number of hydrogen-bond donors (Lipinski definition) is 2. The second kappa shape index (κ2) is 7.33. The maximum Gasteiger partial charge on any atom is 0.261 e. The second-order valence-electron chi connectivity index (χ2n) is 6.53. The number of aryl methyl sites for hydroxylation is 1. The Morgan fingerprint density at radius 3 is 2.25 bits per heavy atom. The average Bonchev–Trinajstić information content (AvgIpc) is 2.98. The smallest absolute Gasteiger partial charge is 0.261 e. The van der Waals surface area contributed by atoms with Gasteiger partial charge in [-0.25, -0.2) is 4.99 Å². The Hall–Kier alpha value is -3.37. The molecular formula is C23H17ClN2O2. The van der Waals surface area contributed by atoms with Gasteiger partial charge in [0.25, 0.3) is 5.91 Å². The first-order valence-corrected chi connectivity index (χ1v) is 9.16. The van der Waals surface area contributed by atoms with Crippen LogP contribution in [-0.2, 0) is 4.79 Å². The molecule has 3 aromatic rings. The Morgan fingerprint density at radius 2 is 1.57 bits per heavy atom. The van der Waals surface area contributed by atoms with Crippen molar-refractivity contribution in [1.29, 1.82) is 0 Å². The van der Waals surface area contributed by atoms with Crippen molar-refractivity contribution in [1.82, 2.24) is 0 Å². The molecule has 0 heterocycles. The van der Waals surface area contributed by atoms with Gasteiger partial charge in [-0.3, -0.25) is 4.79 Å². The van der Waals surface area contributed by atoms with Crippen LogP contribution in [-0.4, -0.2) is 16.7 Å². The average molecular weight is 389 g/mol. The van der Waals surface area contributed by atoms with Crippen LogP contribution in [0.5, 0.6) is 0 Å². The Labute approximate surface area is 167 Å². The van der Waals surface area contributed by atoms with Gasteiger partial charge in [0, 0.05) is 21.8 Å². The summed E-state index contributed by atoms with van der Waals surface area (Å²) in [6.07, 6.45) is 0. The number of anilines is 1. The number of halogens is 1. The van der Waals surface area contributed by atoms with E-state index in [1.807, 2.05) is 49.4 Å². The number of fused-ring (bicyclic) bond motifs is 1. The number of carbonyl (C=O) groups is 1. The van der Waals surface area contributed by atoms with Gasteiger partial charge in [-0.1, -0.05) is 53.6 Å². The van der Waals surface area contributed by atoms with Crippen molar-refractivity contribution >= 4 is 40.4 Å². The summed E-state index contributed by atoms with van der Waals surface area (Å²) in [6.45, 7) is 2.00. The highest BCUT2D eigenvalue weighted by Gasteiger charge is 2.32. The van der Waals surface area contributed by atoms with Gasteiger partial charge < -0.3 is 10.4 Å². The van der Waals surface area contributed by atoms with E-state index in [4.69, 9.17) is 11.6 Å². The number of aliphatic hydroxyl groups is 1. The molecule has 1 aliphatic rings. The number of aliphatic hydroxyl groups excluding tert-OH is 1. The van der Waals surface area contributed by atoms with Crippen molar-refractivity contribution in [2.45, 2.75) is 6.92 Å². The van der Waals surface area contributed by atoms with Gasteiger partial charge in [0.15, 0.2) is 0 Å². The fraction of sp³-hybridized carbons (Fsp3) is 0.0435. The number of rotatable bonds is 3. The Balaban J connectivity index is 1.76. The third-order valence-corrected chi connectivity index (χ3v) is 4.77. The van der Waals surface area contributed by atoms with Gasteiger partial charge >= 0.3 is 0 Å². The van der Waals surface area contributed by atoms with E-state index >= 15 is 0 Å². The minimum Gasteiger partial charge on any atom is -0.506 e. The molecule has 4 nitrogen and oxygen atoms in total. The minimum absolute atomic E-state index is 0.0760. The highest BCUT2D eigenvalue weighted by molar-refractivity contribution is 6.38. The number of amides is 1. The van der Waals surface area contributed by atoms with Crippen molar-refractivity contribution in [3.63, 3.8) is 0 Å². The van der Waals surface area contributed by atoms with E-state index in [0.717, 1.165) is 11.1 Å². The van der Waals surface area contributed by atoms with Crippen LogP contribution in [0.15, 0.2) is 83.4 Å². The van der Waals surface area contributed by atoms with Crippen LogP contribution >= 0.6 is 11.6 Å². The van der Waals surface area contributed by atoms with Crippen molar-refractivity contribution in [2.24, 2.45) is 4.99 Å². The summed E-state index contributed by atoms with van der Waals surface area (Å²) in [7, 11) is 0. The lowest BCUT2D eigenvalue weighted by Gasteiger charge is -2.08. The number of nitrogens with one attached hydrogen (secondary N) is 1. The molecule has 0 spiro atoms. The van der Waals surface area contributed by atoms with Crippen LogP contribution in [0.3, 0.4) is 0 Å². The van der Waals surface area contributed by atoms with Crippen molar-refractivity contribution in [3.8, 4) is 0 Å². The van der Waals surface area contributed by atoms with E-state index in [1.54, 1.807) is 30.3 Å². The predicted octanol–water partition coefficient (Wildman–Crippen LogP) is 5.69. The minimum atomic E-state index is -0.429. The van der Waals surface area contributed by atoms with E-state index in [1.165, 1.54) is 0 Å². The molecular weight excluding hydrogens is 372 g/mol. The molecule has 0 aromatic heterocycles. The van der Waals surface area contributed by atoms with E-state index in [9.17, 15) is 9.90 Å². The molecule has 5 heteroatoms. The van der Waals surface area contributed by atoms with E-state index in [-0.39, 0.29) is 11.3 Å². The molecule has 0 bridgehead atoms. The first kappa shape index (κ1) is 18.0. The molecule has 0 unspecified atom stereocenters. The van der Waals surface area contributed by atoms with Gasteiger partial charge in [0.05, 0.1) is 11.4 Å². The summed E-state index contributed by atoms with van der Waals surface area (Å²) < 4.78 is 0. The molecule has 3 aromatic carbocycles. The van der Waals surface area contributed by atoms with Crippen LogP contribution < -0.4 is 5.32 Å². The number of nitrogens with zero attached hydrogens (tertiary/aromatic N) is 1. The highest BCUT2D eigenvalue weighted by atomic mass is 35.5. The molecule has 0 saturated carbocycles. The van der Waals surface area contributed by atoms with Gasteiger partial charge in [0.1, 0.15) is 11.3 Å². The third kappa shape index (κ3) is 3.42. The molecule has 0 radical (unpaired) electrons. The molecule has 2 N–H and O–H groups in total. The maximum atomic E-state index is 13.0. The quantitative estimate of drug-likeness (QED) is 0.605. The largest absolute Gasteiger partial charge is 0.506 e. The van der Waals surface area contributed by atoms with Crippen LogP contribution in [0.1, 0.15) is 16.7 Å².